The van der Waals surface area contributed by atoms with Crippen molar-refractivity contribution in [3.05, 3.63) is 54.8 Å². The molecule has 0 bridgehead atoms. The van der Waals surface area contributed by atoms with E-state index in [0.717, 1.165) is 13.0 Å². The fourth-order valence-corrected chi connectivity index (χ4v) is 0.929. The molecule has 0 fully saturated rings. The van der Waals surface area contributed by atoms with Gasteiger partial charge in [-0.05, 0) is 11.6 Å². The Morgan fingerprint density at radius 2 is 2.00 bits per heavy atom. The Balaban J connectivity index is 0.000000145. The Hall–Kier alpha value is -1.50. The summed E-state index contributed by atoms with van der Waals surface area (Å²) in [5.41, 5.74) is 1.17. The number of rotatable bonds is 1. The molecule has 0 spiro atoms. The van der Waals surface area contributed by atoms with Gasteiger partial charge in [0.2, 0.25) is 0 Å². The summed E-state index contributed by atoms with van der Waals surface area (Å²) in [6.07, 6.45) is 6.68. The maximum absolute atomic E-state index is 4.76. The Morgan fingerprint density at radius 1 is 1.23 bits per heavy atom. The maximum atomic E-state index is 4.76. The van der Waals surface area contributed by atoms with Crippen LogP contribution < -0.4 is 0 Å². The summed E-state index contributed by atoms with van der Waals surface area (Å²) in [5.74, 6) is 0. The zero-order valence-electron chi connectivity index (χ0n) is 7.65. The molecule has 68 valence electrons. The van der Waals surface area contributed by atoms with Crippen LogP contribution in [0.3, 0.4) is 0 Å². The monoisotopic (exact) mass is 174 g/mol. The molecule has 13 heavy (non-hydrogen) atoms. The van der Waals surface area contributed by atoms with Crippen molar-refractivity contribution in [2.24, 2.45) is 0 Å². The molecule has 1 aromatic carbocycles. The van der Waals surface area contributed by atoms with E-state index in [2.05, 4.69) is 6.58 Å². The summed E-state index contributed by atoms with van der Waals surface area (Å²) in [4.78, 5) is 0. The number of hydrogen-bond donors (Lipinski definition) is 0. The van der Waals surface area contributed by atoms with Crippen molar-refractivity contribution >= 4 is 6.08 Å². The van der Waals surface area contributed by atoms with Crippen LogP contribution in [0.5, 0.6) is 0 Å². The lowest BCUT2D eigenvalue weighted by molar-refractivity contribution is 0.281. The second kappa shape index (κ2) is 6.06. The third kappa shape index (κ3) is 4.16. The van der Waals surface area contributed by atoms with Gasteiger partial charge in [-0.15, -0.1) is 0 Å². The standard InChI is InChI=1S/C8H8.C4H6O/c1-2-8-6-4-3-5-7-8;1-2-4-5-3-1/h2-7H,1H2;1,3H,2,4H2. The molecule has 1 heteroatoms. The molecular weight excluding hydrogens is 160 g/mol. The van der Waals surface area contributed by atoms with Crippen molar-refractivity contribution in [3.8, 4) is 0 Å². The molecular formula is C12H14O. The van der Waals surface area contributed by atoms with Gasteiger partial charge in [-0.1, -0.05) is 43.0 Å². The van der Waals surface area contributed by atoms with E-state index in [4.69, 9.17) is 4.74 Å². The summed E-state index contributed by atoms with van der Waals surface area (Å²) in [5, 5.41) is 0. The van der Waals surface area contributed by atoms with Crippen molar-refractivity contribution in [3.63, 3.8) is 0 Å². The molecule has 1 nitrogen and oxygen atoms in total. The molecule has 0 radical (unpaired) electrons. The smallest absolute Gasteiger partial charge is 0.0908 e. The Labute approximate surface area is 79.4 Å². The van der Waals surface area contributed by atoms with E-state index in [9.17, 15) is 0 Å². The van der Waals surface area contributed by atoms with Crippen LogP contribution >= 0.6 is 0 Å². The first kappa shape index (κ1) is 9.59. The summed E-state index contributed by atoms with van der Waals surface area (Å²) in [6.45, 7) is 4.52. The van der Waals surface area contributed by atoms with Gasteiger partial charge in [-0.2, -0.15) is 0 Å². The van der Waals surface area contributed by atoms with Crippen molar-refractivity contribution in [2.45, 2.75) is 6.42 Å². The van der Waals surface area contributed by atoms with Crippen LogP contribution in [-0.4, -0.2) is 6.61 Å². The predicted octanol–water partition coefficient (Wildman–Crippen LogP) is 3.25. The van der Waals surface area contributed by atoms with Crippen LogP contribution in [0.4, 0.5) is 0 Å². The average molecular weight is 174 g/mol. The van der Waals surface area contributed by atoms with E-state index < -0.39 is 0 Å². The topological polar surface area (TPSA) is 9.23 Å². The molecule has 0 atom stereocenters. The zero-order chi connectivity index (χ0) is 9.36. The summed E-state index contributed by atoms with van der Waals surface area (Å²) in [6, 6.07) is 10.0. The predicted molar refractivity (Wildman–Crippen MR) is 56.2 cm³/mol. The number of hydrogen-bond acceptors (Lipinski definition) is 1. The fraction of sp³-hybridized carbons (Fsp3) is 0.167. The molecule has 0 saturated heterocycles. The lowest BCUT2D eigenvalue weighted by atomic mass is 10.2. The van der Waals surface area contributed by atoms with Crippen molar-refractivity contribution in [1.29, 1.82) is 0 Å². The lowest BCUT2D eigenvalue weighted by Gasteiger charge is -1.85. The first-order chi connectivity index (χ1) is 6.43. The third-order valence-corrected chi connectivity index (χ3v) is 1.63. The zero-order valence-corrected chi connectivity index (χ0v) is 7.65. The average Bonchev–Trinajstić information content (AvgIpc) is 2.77. The minimum Gasteiger partial charge on any atom is -0.501 e. The van der Waals surface area contributed by atoms with Crippen LogP contribution in [0.1, 0.15) is 12.0 Å². The van der Waals surface area contributed by atoms with Gasteiger partial charge in [-0.3, -0.25) is 0 Å². The van der Waals surface area contributed by atoms with Gasteiger partial charge in [0.25, 0.3) is 0 Å². The minimum atomic E-state index is 0.889. The van der Waals surface area contributed by atoms with Gasteiger partial charge in [0.15, 0.2) is 0 Å². The lowest BCUT2D eigenvalue weighted by Crippen LogP contribution is -1.70. The minimum absolute atomic E-state index is 0.889. The molecule has 0 unspecified atom stereocenters. The maximum Gasteiger partial charge on any atom is 0.0908 e. The van der Waals surface area contributed by atoms with Crippen molar-refractivity contribution < 1.29 is 4.74 Å². The van der Waals surface area contributed by atoms with E-state index >= 15 is 0 Å². The van der Waals surface area contributed by atoms with Crippen molar-refractivity contribution in [2.75, 3.05) is 6.61 Å². The summed E-state index contributed by atoms with van der Waals surface area (Å²) >= 11 is 0. The number of ether oxygens (including phenoxy) is 1. The molecule has 0 aliphatic carbocycles. The van der Waals surface area contributed by atoms with Gasteiger partial charge >= 0.3 is 0 Å². The fourth-order valence-electron chi connectivity index (χ4n) is 0.929. The normalized spacial score (nSPS) is 12.6. The summed E-state index contributed by atoms with van der Waals surface area (Å²) < 4.78 is 4.76. The van der Waals surface area contributed by atoms with Crippen LogP contribution in [0, 0.1) is 0 Å². The van der Waals surface area contributed by atoms with Gasteiger partial charge in [0.05, 0.1) is 12.9 Å². The first-order valence-corrected chi connectivity index (χ1v) is 4.37. The summed E-state index contributed by atoms with van der Waals surface area (Å²) in [7, 11) is 0. The highest BCUT2D eigenvalue weighted by molar-refractivity contribution is 5.45. The van der Waals surface area contributed by atoms with Gasteiger partial charge in [-0.25, -0.2) is 0 Å². The van der Waals surface area contributed by atoms with Crippen LogP contribution in [-0.2, 0) is 4.74 Å². The second-order valence-electron chi connectivity index (χ2n) is 2.65. The number of benzene rings is 1. The first-order valence-electron chi connectivity index (χ1n) is 4.37. The SMILES string of the molecule is C1=COCC1.C=Cc1ccccc1. The molecule has 0 aromatic heterocycles. The Morgan fingerprint density at radius 3 is 2.31 bits per heavy atom. The molecule has 2 rings (SSSR count). The Kier molecular flexibility index (Phi) is 4.47. The van der Waals surface area contributed by atoms with Crippen LogP contribution in [0.2, 0.25) is 0 Å². The quantitative estimate of drug-likeness (QED) is 0.635. The van der Waals surface area contributed by atoms with E-state index in [0.29, 0.717) is 0 Å². The largest absolute Gasteiger partial charge is 0.501 e. The molecule has 1 heterocycles. The van der Waals surface area contributed by atoms with Crippen molar-refractivity contribution in [1.82, 2.24) is 0 Å². The molecule has 0 saturated carbocycles. The van der Waals surface area contributed by atoms with Crippen LogP contribution in [0.25, 0.3) is 6.08 Å². The molecule has 0 amide bonds. The molecule has 0 N–H and O–H groups in total. The highest BCUT2D eigenvalue weighted by Crippen LogP contribution is 1.97. The van der Waals surface area contributed by atoms with Gasteiger partial charge in [0, 0.05) is 6.42 Å². The van der Waals surface area contributed by atoms with Crippen LogP contribution in [0.15, 0.2) is 49.2 Å². The van der Waals surface area contributed by atoms with Gasteiger partial charge < -0.3 is 4.74 Å². The van der Waals surface area contributed by atoms with E-state index in [1.807, 2.05) is 42.5 Å². The Bertz CT molecular complexity index is 256. The molecule has 1 aromatic rings. The second-order valence-corrected chi connectivity index (χ2v) is 2.65. The van der Waals surface area contributed by atoms with Gasteiger partial charge in [0.1, 0.15) is 0 Å². The van der Waals surface area contributed by atoms with E-state index in [-0.39, 0.29) is 0 Å². The third-order valence-electron chi connectivity index (χ3n) is 1.63. The molecule has 1 aliphatic heterocycles. The highest BCUT2D eigenvalue weighted by Gasteiger charge is 1.84. The highest BCUT2D eigenvalue weighted by atomic mass is 16.5. The van der Waals surface area contributed by atoms with E-state index in [1.54, 1.807) is 6.26 Å². The molecule has 1 aliphatic rings. The van der Waals surface area contributed by atoms with E-state index in [1.165, 1.54) is 5.56 Å².